The van der Waals surface area contributed by atoms with Crippen LogP contribution >= 0.6 is 15.9 Å². The molecule has 0 aromatic heterocycles. The van der Waals surface area contributed by atoms with Crippen molar-refractivity contribution in [3.05, 3.63) is 34.1 Å². The number of carbonyl (C=O) groups excluding carboxylic acids is 1. The normalized spacial score (nSPS) is 13.0. The molecule has 0 aliphatic heterocycles. The van der Waals surface area contributed by atoms with Gasteiger partial charge in [0.1, 0.15) is 5.82 Å². The molecule has 3 N–H and O–H groups in total. The fourth-order valence-corrected chi connectivity index (χ4v) is 2.83. The van der Waals surface area contributed by atoms with E-state index in [0.29, 0.717) is 17.4 Å². The maximum Gasteiger partial charge on any atom is 0.227 e. The molecule has 1 aromatic carbocycles. The predicted molar refractivity (Wildman–Crippen MR) is 87.5 cm³/mol. The van der Waals surface area contributed by atoms with Gasteiger partial charge in [0, 0.05) is 12.6 Å². The Hall–Kier alpha value is -0.940. The summed E-state index contributed by atoms with van der Waals surface area (Å²) in [4.78, 5) is 12.4. The van der Waals surface area contributed by atoms with Gasteiger partial charge in [-0.1, -0.05) is 19.9 Å². The van der Waals surface area contributed by atoms with Crippen molar-refractivity contribution in [3.63, 3.8) is 0 Å². The van der Waals surface area contributed by atoms with Gasteiger partial charge in [-0.15, -0.1) is 0 Å². The van der Waals surface area contributed by atoms with Gasteiger partial charge in [0.05, 0.1) is 9.89 Å². The lowest BCUT2D eigenvalue weighted by Crippen LogP contribution is -2.48. The molecule has 21 heavy (non-hydrogen) atoms. The molecule has 5 heteroatoms. The zero-order valence-electron chi connectivity index (χ0n) is 12.9. The third-order valence-corrected chi connectivity index (χ3v) is 4.74. The van der Waals surface area contributed by atoms with Crippen LogP contribution in [0.3, 0.4) is 0 Å². The summed E-state index contributed by atoms with van der Waals surface area (Å²) in [6.45, 7) is 6.26. The van der Waals surface area contributed by atoms with Crippen molar-refractivity contribution in [1.29, 1.82) is 0 Å². The summed E-state index contributed by atoms with van der Waals surface area (Å²) in [7, 11) is 0. The average molecular weight is 359 g/mol. The van der Waals surface area contributed by atoms with Gasteiger partial charge in [-0.05, 0) is 59.8 Å². The second-order valence-corrected chi connectivity index (χ2v) is 6.37. The van der Waals surface area contributed by atoms with E-state index in [0.717, 1.165) is 18.4 Å². The summed E-state index contributed by atoms with van der Waals surface area (Å²) >= 11 is 3.17. The molecule has 1 aromatic rings. The van der Waals surface area contributed by atoms with Gasteiger partial charge in [0.15, 0.2) is 0 Å². The first kappa shape index (κ1) is 18.1. The molecule has 0 saturated heterocycles. The van der Waals surface area contributed by atoms with Crippen molar-refractivity contribution < 1.29 is 9.18 Å². The van der Waals surface area contributed by atoms with Gasteiger partial charge >= 0.3 is 0 Å². The minimum absolute atomic E-state index is 0.00340. The Labute approximate surface area is 134 Å². The Morgan fingerprint density at radius 2 is 2.05 bits per heavy atom. The Balaban J connectivity index is 2.70. The molecule has 1 amide bonds. The monoisotopic (exact) mass is 358 g/mol. The van der Waals surface area contributed by atoms with E-state index in [2.05, 4.69) is 21.2 Å². The van der Waals surface area contributed by atoms with Crippen LogP contribution in [0.2, 0.25) is 0 Å². The molecule has 0 spiro atoms. The molecule has 1 atom stereocenters. The highest BCUT2D eigenvalue weighted by atomic mass is 79.9. The largest absolute Gasteiger partial charge is 0.353 e. The number of hydrogen-bond acceptors (Lipinski definition) is 2. The van der Waals surface area contributed by atoms with Crippen LogP contribution in [0.4, 0.5) is 4.39 Å². The summed E-state index contributed by atoms with van der Waals surface area (Å²) in [5, 5.41) is 3.03. The van der Waals surface area contributed by atoms with E-state index in [1.165, 1.54) is 6.07 Å². The maximum atomic E-state index is 13.2. The van der Waals surface area contributed by atoms with Crippen LogP contribution in [0, 0.1) is 11.2 Å². The highest BCUT2D eigenvalue weighted by molar-refractivity contribution is 9.10. The van der Waals surface area contributed by atoms with E-state index in [9.17, 15) is 9.18 Å². The summed E-state index contributed by atoms with van der Waals surface area (Å²) in [6, 6.07) is 4.88. The SMILES string of the molecule is CCC(CC)(CN)C(=O)NC(C)Cc1ccc(F)c(Br)c1. The topological polar surface area (TPSA) is 55.1 Å². The minimum atomic E-state index is -0.488. The number of amides is 1. The van der Waals surface area contributed by atoms with Gasteiger partial charge in [0.2, 0.25) is 5.91 Å². The number of nitrogens with one attached hydrogen (secondary N) is 1. The molecule has 0 fully saturated rings. The molecule has 0 saturated carbocycles. The van der Waals surface area contributed by atoms with E-state index in [1.807, 2.05) is 20.8 Å². The zero-order valence-corrected chi connectivity index (χ0v) is 14.5. The smallest absolute Gasteiger partial charge is 0.227 e. The highest BCUT2D eigenvalue weighted by Crippen LogP contribution is 2.25. The van der Waals surface area contributed by atoms with Crippen LogP contribution in [0.1, 0.15) is 39.2 Å². The predicted octanol–water partition coefficient (Wildman–Crippen LogP) is 3.40. The van der Waals surface area contributed by atoms with Gasteiger partial charge in [-0.3, -0.25) is 4.79 Å². The fourth-order valence-electron chi connectivity index (χ4n) is 2.40. The van der Waals surface area contributed by atoms with Gasteiger partial charge in [-0.2, -0.15) is 0 Å². The van der Waals surface area contributed by atoms with Gasteiger partial charge in [0.25, 0.3) is 0 Å². The molecule has 1 rings (SSSR count). The number of nitrogens with two attached hydrogens (primary N) is 1. The number of halogens is 2. The number of rotatable bonds is 7. The molecular formula is C16H24BrFN2O. The molecule has 118 valence electrons. The van der Waals surface area contributed by atoms with E-state index < -0.39 is 5.41 Å². The fraction of sp³-hybridized carbons (Fsp3) is 0.562. The Bertz CT molecular complexity index is 481. The minimum Gasteiger partial charge on any atom is -0.353 e. The maximum absolute atomic E-state index is 13.2. The molecule has 0 aliphatic rings. The van der Waals surface area contributed by atoms with Crippen molar-refractivity contribution in [2.24, 2.45) is 11.1 Å². The van der Waals surface area contributed by atoms with Crippen LogP contribution in [-0.4, -0.2) is 18.5 Å². The first-order chi connectivity index (χ1) is 9.88. The number of carbonyl (C=O) groups is 1. The summed E-state index contributed by atoms with van der Waals surface area (Å²) in [5.41, 5.74) is 6.27. The van der Waals surface area contributed by atoms with E-state index >= 15 is 0 Å². The van der Waals surface area contributed by atoms with Gasteiger partial charge < -0.3 is 11.1 Å². The highest BCUT2D eigenvalue weighted by Gasteiger charge is 2.33. The van der Waals surface area contributed by atoms with Crippen molar-refractivity contribution in [1.82, 2.24) is 5.32 Å². The van der Waals surface area contributed by atoms with Crippen LogP contribution in [0.5, 0.6) is 0 Å². The molecule has 0 heterocycles. The molecule has 3 nitrogen and oxygen atoms in total. The van der Waals surface area contributed by atoms with E-state index in [4.69, 9.17) is 5.73 Å². The number of benzene rings is 1. The lowest BCUT2D eigenvalue weighted by atomic mass is 9.81. The molecule has 0 bridgehead atoms. The molecule has 1 unspecified atom stereocenters. The summed E-state index contributed by atoms with van der Waals surface area (Å²) < 4.78 is 13.7. The average Bonchev–Trinajstić information content (AvgIpc) is 2.45. The van der Waals surface area contributed by atoms with Crippen LogP contribution in [-0.2, 0) is 11.2 Å². The summed E-state index contributed by atoms with van der Waals surface area (Å²) in [6.07, 6.45) is 2.10. The quantitative estimate of drug-likeness (QED) is 0.784. The van der Waals surface area contributed by atoms with E-state index in [1.54, 1.807) is 12.1 Å². The molecule has 0 radical (unpaired) electrons. The van der Waals surface area contributed by atoms with Crippen LogP contribution in [0.15, 0.2) is 22.7 Å². The van der Waals surface area contributed by atoms with E-state index in [-0.39, 0.29) is 17.8 Å². The lowest BCUT2D eigenvalue weighted by molar-refractivity contribution is -0.131. The van der Waals surface area contributed by atoms with Crippen molar-refractivity contribution >= 4 is 21.8 Å². The Morgan fingerprint density at radius 3 is 2.52 bits per heavy atom. The van der Waals surface area contributed by atoms with Crippen LogP contribution in [0.25, 0.3) is 0 Å². The Morgan fingerprint density at radius 1 is 1.43 bits per heavy atom. The number of hydrogen-bond donors (Lipinski definition) is 2. The molecular weight excluding hydrogens is 335 g/mol. The second kappa shape index (κ2) is 7.90. The third-order valence-electron chi connectivity index (χ3n) is 4.13. The van der Waals surface area contributed by atoms with Crippen molar-refractivity contribution in [3.8, 4) is 0 Å². The third kappa shape index (κ3) is 4.51. The van der Waals surface area contributed by atoms with Gasteiger partial charge in [-0.25, -0.2) is 4.39 Å². The standard InChI is InChI=1S/C16H24BrFN2O/c1-4-16(5-2,10-19)15(21)20-11(3)8-12-6-7-14(18)13(17)9-12/h6-7,9,11H,4-5,8,10,19H2,1-3H3,(H,20,21). The first-order valence-electron chi connectivity index (χ1n) is 7.33. The van der Waals surface area contributed by atoms with Crippen LogP contribution < -0.4 is 11.1 Å². The first-order valence-corrected chi connectivity index (χ1v) is 8.12. The summed E-state index contributed by atoms with van der Waals surface area (Å²) in [5.74, 6) is -0.279. The molecule has 0 aliphatic carbocycles. The second-order valence-electron chi connectivity index (χ2n) is 5.52. The van der Waals surface area contributed by atoms with Crippen molar-refractivity contribution in [2.75, 3.05) is 6.54 Å². The van der Waals surface area contributed by atoms with Crippen molar-refractivity contribution in [2.45, 2.75) is 46.1 Å². The lowest BCUT2D eigenvalue weighted by Gasteiger charge is -2.30. The zero-order chi connectivity index (χ0) is 16.0. The Kier molecular flexibility index (Phi) is 6.81.